The normalized spacial score (nSPS) is 16.3. The average Bonchev–Trinajstić information content (AvgIpc) is 2.89. The molecular weight excluding hydrogens is 332 g/mol. The molecule has 23 heavy (non-hydrogen) atoms. The Labute approximate surface area is 146 Å². The minimum atomic E-state index is 0.528. The summed E-state index contributed by atoms with van der Waals surface area (Å²) in [4.78, 5) is 1.60. The number of nitrogens with zero attached hydrogens (tertiary/aromatic N) is 2. The molecule has 1 aliphatic rings. The molecular formula is C14H25N6OS2+. The van der Waals surface area contributed by atoms with Crippen molar-refractivity contribution in [2.24, 2.45) is 5.10 Å². The van der Waals surface area contributed by atoms with E-state index in [1.54, 1.807) is 4.90 Å². The average molecular weight is 358 g/mol. The van der Waals surface area contributed by atoms with E-state index in [9.17, 15) is 0 Å². The van der Waals surface area contributed by atoms with E-state index in [4.69, 9.17) is 22.7 Å². The van der Waals surface area contributed by atoms with Crippen LogP contribution in [0, 0.1) is 6.92 Å². The van der Waals surface area contributed by atoms with Gasteiger partial charge in [-0.05, 0) is 37.6 Å². The Balaban J connectivity index is 1.67. The highest BCUT2D eigenvalue weighted by atomic mass is 32.1. The summed E-state index contributed by atoms with van der Waals surface area (Å²) in [6.45, 7) is 9.73. The number of aryl methyl sites for hydroxylation is 1. The molecule has 0 unspecified atom stereocenters. The number of nitrogens with one attached hydrogen (secondary N) is 3. The molecule has 9 heteroatoms. The number of quaternary nitrogens is 1. The quantitative estimate of drug-likeness (QED) is 0.238. The molecule has 7 nitrogen and oxygen atoms in total. The number of nitrogens with two attached hydrogens (primary N) is 1. The first-order valence-electron chi connectivity index (χ1n) is 7.79. The van der Waals surface area contributed by atoms with Crippen LogP contribution in [0.3, 0.4) is 0 Å². The topological polar surface area (TPSA) is 89.0 Å². The van der Waals surface area contributed by atoms with Crippen molar-refractivity contribution in [3.05, 3.63) is 11.3 Å². The number of morpholine rings is 1. The summed E-state index contributed by atoms with van der Waals surface area (Å²) in [5, 5.41) is 8.67. The van der Waals surface area contributed by atoms with Crippen molar-refractivity contribution >= 4 is 39.6 Å². The van der Waals surface area contributed by atoms with Crippen LogP contribution in [0.5, 0.6) is 0 Å². The number of anilines is 1. The SMILES string of the molecule is C/C(=N/NC(=S)NCCC[NH+]1CCOCC1)c1c(C)nsc1N. The molecule has 1 saturated heterocycles. The second-order valence-corrected chi connectivity index (χ2v) is 6.75. The molecule has 2 heterocycles. The van der Waals surface area contributed by atoms with Crippen LogP contribution in [0.4, 0.5) is 5.00 Å². The molecule has 2 rings (SSSR count). The Kier molecular flexibility index (Phi) is 7.15. The molecule has 0 bridgehead atoms. The van der Waals surface area contributed by atoms with Gasteiger partial charge in [-0.15, -0.1) is 0 Å². The fraction of sp³-hybridized carbons (Fsp3) is 0.643. The van der Waals surface area contributed by atoms with Gasteiger partial charge in [0.2, 0.25) is 0 Å². The summed E-state index contributed by atoms with van der Waals surface area (Å²) in [5.41, 5.74) is 11.3. The van der Waals surface area contributed by atoms with E-state index >= 15 is 0 Å². The van der Waals surface area contributed by atoms with Gasteiger partial charge in [-0.1, -0.05) is 0 Å². The fourth-order valence-electron chi connectivity index (χ4n) is 2.51. The standard InChI is InChI=1S/C14H24N6OS2/c1-10(12-11(2)19-23-13(12)15)17-18-14(22)16-4-3-5-20-6-8-21-9-7-20/h3-9,15H2,1-2H3,(H2,16,18,22)/p+1/b17-10-. The number of hydrogen-bond donors (Lipinski definition) is 4. The lowest BCUT2D eigenvalue weighted by molar-refractivity contribution is -0.908. The van der Waals surface area contributed by atoms with Crippen molar-refractivity contribution in [2.45, 2.75) is 20.3 Å². The Morgan fingerprint density at radius 3 is 2.87 bits per heavy atom. The van der Waals surface area contributed by atoms with Crippen LogP contribution in [0.15, 0.2) is 5.10 Å². The molecule has 0 amide bonds. The van der Waals surface area contributed by atoms with Crippen molar-refractivity contribution < 1.29 is 9.64 Å². The predicted octanol–water partition coefficient (Wildman–Crippen LogP) is -0.473. The Morgan fingerprint density at radius 1 is 1.48 bits per heavy atom. The van der Waals surface area contributed by atoms with Gasteiger partial charge in [0.1, 0.15) is 18.1 Å². The monoisotopic (exact) mass is 357 g/mol. The maximum Gasteiger partial charge on any atom is 0.186 e. The minimum Gasteiger partial charge on any atom is -0.389 e. The van der Waals surface area contributed by atoms with Gasteiger partial charge in [0, 0.05) is 13.0 Å². The molecule has 0 atom stereocenters. The zero-order chi connectivity index (χ0) is 16.7. The van der Waals surface area contributed by atoms with E-state index in [0.717, 1.165) is 62.8 Å². The fourth-order valence-corrected chi connectivity index (χ4v) is 3.37. The Morgan fingerprint density at radius 2 is 2.22 bits per heavy atom. The van der Waals surface area contributed by atoms with Gasteiger partial charge < -0.3 is 20.7 Å². The number of thiocarbonyl (C=S) groups is 1. The Bertz CT molecular complexity index is 534. The lowest BCUT2D eigenvalue weighted by atomic mass is 10.2. The predicted molar refractivity (Wildman–Crippen MR) is 98.2 cm³/mol. The lowest BCUT2D eigenvalue weighted by Crippen LogP contribution is -3.14. The van der Waals surface area contributed by atoms with Crippen molar-refractivity contribution in [1.82, 2.24) is 15.1 Å². The van der Waals surface area contributed by atoms with Crippen molar-refractivity contribution in [3.8, 4) is 0 Å². The lowest BCUT2D eigenvalue weighted by Gasteiger charge is -2.23. The highest BCUT2D eigenvalue weighted by molar-refractivity contribution is 7.80. The van der Waals surface area contributed by atoms with Gasteiger partial charge in [0.15, 0.2) is 5.11 Å². The third kappa shape index (κ3) is 5.69. The second kappa shape index (κ2) is 9.11. The summed E-state index contributed by atoms with van der Waals surface area (Å²) in [6.07, 6.45) is 1.07. The van der Waals surface area contributed by atoms with Crippen LogP contribution in [-0.2, 0) is 4.74 Å². The van der Waals surface area contributed by atoms with Crippen molar-refractivity contribution in [2.75, 3.05) is 45.1 Å². The molecule has 0 spiro atoms. The van der Waals surface area contributed by atoms with E-state index in [0.29, 0.717) is 10.1 Å². The number of ether oxygens (including phenoxy) is 1. The van der Waals surface area contributed by atoms with Gasteiger partial charge in [-0.2, -0.15) is 9.47 Å². The van der Waals surface area contributed by atoms with Gasteiger partial charge >= 0.3 is 0 Å². The second-order valence-electron chi connectivity index (χ2n) is 5.54. The van der Waals surface area contributed by atoms with Crippen LogP contribution in [0.2, 0.25) is 0 Å². The highest BCUT2D eigenvalue weighted by Crippen LogP contribution is 2.21. The smallest absolute Gasteiger partial charge is 0.186 e. The van der Waals surface area contributed by atoms with Crippen LogP contribution in [0.1, 0.15) is 24.6 Å². The van der Waals surface area contributed by atoms with Crippen LogP contribution in [-0.4, -0.2) is 54.6 Å². The molecule has 0 aliphatic carbocycles. The summed E-state index contributed by atoms with van der Waals surface area (Å²) in [5.74, 6) is 0. The summed E-state index contributed by atoms with van der Waals surface area (Å²) < 4.78 is 9.57. The van der Waals surface area contributed by atoms with E-state index in [1.807, 2.05) is 13.8 Å². The maximum absolute atomic E-state index is 5.91. The largest absolute Gasteiger partial charge is 0.389 e. The first-order chi connectivity index (χ1) is 11.1. The van der Waals surface area contributed by atoms with Crippen LogP contribution >= 0.6 is 23.8 Å². The molecule has 0 saturated carbocycles. The van der Waals surface area contributed by atoms with Crippen LogP contribution in [0.25, 0.3) is 0 Å². The van der Waals surface area contributed by atoms with E-state index in [1.165, 1.54) is 11.5 Å². The highest BCUT2D eigenvalue weighted by Gasteiger charge is 2.13. The molecule has 0 aromatic carbocycles. The minimum absolute atomic E-state index is 0.528. The molecule has 128 valence electrons. The molecule has 1 fully saturated rings. The third-order valence-electron chi connectivity index (χ3n) is 3.77. The zero-order valence-corrected chi connectivity index (χ0v) is 15.3. The van der Waals surface area contributed by atoms with Crippen molar-refractivity contribution in [3.63, 3.8) is 0 Å². The number of hydrogen-bond acceptors (Lipinski definition) is 6. The summed E-state index contributed by atoms with van der Waals surface area (Å²) in [6, 6.07) is 0. The number of rotatable bonds is 6. The number of hydrazone groups is 1. The van der Waals surface area contributed by atoms with Crippen molar-refractivity contribution in [1.29, 1.82) is 0 Å². The molecule has 1 aromatic rings. The van der Waals surface area contributed by atoms with Gasteiger partial charge in [0.05, 0.1) is 36.7 Å². The molecule has 0 radical (unpaired) electrons. The van der Waals surface area contributed by atoms with E-state index in [2.05, 4.69) is 20.2 Å². The zero-order valence-electron chi connectivity index (χ0n) is 13.6. The number of aromatic nitrogens is 1. The van der Waals surface area contributed by atoms with E-state index in [-0.39, 0.29) is 0 Å². The number of nitrogen functional groups attached to an aromatic ring is 1. The molecule has 5 N–H and O–H groups in total. The van der Waals surface area contributed by atoms with Gasteiger partial charge in [0.25, 0.3) is 0 Å². The molecule has 1 aliphatic heterocycles. The first-order valence-corrected chi connectivity index (χ1v) is 8.97. The maximum atomic E-state index is 5.91. The summed E-state index contributed by atoms with van der Waals surface area (Å²) in [7, 11) is 0. The first kappa shape index (κ1) is 18.1. The molecule has 1 aromatic heterocycles. The van der Waals surface area contributed by atoms with E-state index < -0.39 is 0 Å². The van der Waals surface area contributed by atoms with Gasteiger partial charge in [-0.3, -0.25) is 5.43 Å². The Hall–Kier alpha value is -1.29. The van der Waals surface area contributed by atoms with Crippen LogP contribution < -0.4 is 21.4 Å². The third-order valence-corrected chi connectivity index (χ3v) is 4.77. The summed E-state index contributed by atoms with van der Waals surface area (Å²) >= 11 is 6.52. The van der Waals surface area contributed by atoms with Gasteiger partial charge in [-0.25, -0.2) is 0 Å².